The van der Waals surface area contributed by atoms with Crippen LogP contribution in [-0.2, 0) is 9.53 Å². The molecule has 0 saturated heterocycles. The van der Waals surface area contributed by atoms with Crippen LogP contribution in [0.1, 0.15) is 65.2 Å². The Morgan fingerprint density at radius 1 is 1.26 bits per heavy atom. The Labute approximate surface area is 116 Å². The smallest absolute Gasteiger partial charge is 0.305 e. The molecule has 0 aromatic carbocycles. The molecule has 4 fully saturated rings. The number of esters is 1. The van der Waals surface area contributed by atoms with E-state index in [9.17, 15) is 4.79 Å². The lowest BCUT2D eigenvalue weighted by Gasteiger charge is -2.49. The minimum absolute atomic E-state index is 0.0281. The van der Waals surface area contributed by atoms with Gasteiger partial charge in [0.25, 0.3) is 0 Å². The molecule has 4 aliphatic rings. The van der Waals surface area contributed by atoms with Gasteiger partial charge in [0.1, 0.15) is 0 Å². The van der Waals surface area contributed by atoms with E-state index < -0.39 is 0 Å². The summed E-state index contributed by atoms with van der Waals surface area (Å²) in [5.41, 5.74) is 1.30. The highest BCUT2D eigenvalue weighted by Gasteiger charge is 2.70. The third-order valence-corrected chi connectivity index (χ3v) is 6.93. The molecule has 106 valence electrons. The van der Waals surface area contributed by atoms with Crippen molar-refractivity contribution < 1.29 is 9.53 Å². The number of carbonyl (C=O) groups excluding carboxylic acids is 1. The summed E-state index contributed by atoms with van der Waals surface area (Å²) in [4.78, 5) is 11.5. The second-order valence-electron chi connectivity index (χ2n) is 8.11. The maximum Gasteiger partial charge on any atom is 0.305 e. The van der Waals surface area contributed by atoms with Crippen molar-refractivity contribution in [2.24, 2.45) is 28.6 Å². The van der Waals surface area contributed by atoms with Crippen LogP contribution in [0.2, 0.25) is 0 Å². The highest BCUT2D eigenvalue weighted by molar-refractivity contribution is 5.69. The molecule has 1 spiro atoms. The molecule has 0 heterocycles. The molecule has 4 saturated carbocycles. The van der Waals surface area contributed by atoms with E-state index in [1.807, 2.05) is 6.92 Å². The molecule has 2 nitrogen and oxygen atoms in total. The van der Waals surface area contributed by atoms with Crippen LogP contribution in [0.15, 0.2) is 0 Å². The van der Waals surface area contributed by atoms with E-state index >= 15 is 0 Å². The summed E-state index contributed by atoms with van der Waals surface area (Å²) < 4.78 is 5.55. The first kappa shape index (κ1) is 12.2. The summed E-state index contributed by atoms with van der Waals surface area (Å²) in [7, 11) is 0. The summed E-state index contributed by atoms with van der Waals surface area (Å²) in [6.07, 6.45) is 10.6. The molecule has 2 heteroatoms. The summed E-state index contributed by atoms with van der Waals surface area (Å²) >= 11 is 0. The third-order valence-electron chi connectivity index (χ3n) is 6.93. The standard InChI is InChI=1S/C17H26O2/c1-3-15(18)19-11(2)6-16-7-12-4-13-5-14(9-16)17(13,8-12)10-16/h11-14H,3-10H2,1-2H3. The van der Waals surface area contributed by atoms with Crippen molar-refractivity contribution in [1.82, 2.24) is 0 Å². The van der Waals surface area contributed by atoms with Gasteiger partial charge < -0.3 is 4.74 Å². The van der Waals surface area contributed by atoms with Gasteiger partial charge in [0.15, 0.2) is 0 Å². The Kier molecular flexibility index (Phi) is 2.42. The Balaban J connectivity index is 1.48. The van der Waals surface area contributed by atoms with E-state index in [1.54, 1.807) is 0 Å². The fourth-order valence-corrected chi connectivity index (χ4v) is 6.74. The van der Waals surface area contributed by atoms with Crippen LogP contribution in [0, 0.1) is 28.6 Å². The highest BCUT2D eigenvalue weighted by atomic mass is 16.5. The molecule has 19 heavy (non-hydrogen) atoms. The van der Waals surface area contributed by atoms with Gasteiger partial charge in [-0.25, -0.2) is 0 Å². The zero-order chi connectivity index (χ0) is 13.3. The first-order valence-electron chi connectivity index (χ1n) is 8.25. The molecule has 4 rings (SSSR count). The fraction of sp³-hybridized carbons (Fsp3) is 0.941. The molecule has 4 aliphatic carbocycles. The molecule has 6 unspecified atom stereocenters. The molecule has 0 N–H and O–H groups in total. The normalized spacial score (nSPS) is 50.7. The van der Waals surface area contributed by atoms with Gasteiger partial charge in [-0.3, -0.25) is 4.79 Å². The number of ether oxygens (including phenoxy) is 1. The van der Waals surface area contributed by atoms with Gasteiger partial charge in [-0.15, -0.1) is 0 Å². The number of rotatable bonds is 4. The predicted octanol–water partition coefficient (Wildman–Crippen LogP) is 3.93. The Morgan fingerprint density at radius 2 is 2.11 bits per heavy atom. The molecule has 0 aromatic heterocycles. The number of hydrogen-bond acceptors (Lipinski definition) is 2. The van der Waals surface area contributed by atoms with E-state index in [0.29, 0.717) is 11.8 Å². The van der Waals surface area contributed by atoms with Crippen LogP contribution in [0.4, 0.5) is 0 Å². The SMILES string of the molecule is CCC(=O)OC(C)CC12CC3CC4CC(C1)C4(C3)C2. The summed E-state index contributed by atoms with van der Waals surface area (Å²) in [5.74, 6) is 3.07. The Morgan fingerprint density at radius 3 is 2.89 bits per heavy atom. The maximum atomic E-state index is 11.5. The van der Waals surface area contributed by atoms with Crippen molar-refractivity contribution in [3.63, 3.8) is 0 Å². The minimum atomic E-state index is -0.0281. The molecule has 0 radical (unpaired) electrons. The van der Waals surface area contributed by atoms with Crippen LogP contribution >= 0.6 is 0 Å². The lowest BCUT2D eigenvalue weighted by atomic mass is 9.55. The zero-order valence-electron chi connectivity index (χ0n) is 12.3. The largest absolute Gasteiger partial charge is 0.463 e. The van der Waals surface area contributed by atoms with Gasteiger partial charge in [0.2, 0.25) is 0 Å². The van der Waals surface area contributed by atoms with E-state index in [1.165, 1.54) is 38.5 Å². The van der Waals surface area contributed by atoms with E-state index in [0.717, 1.165) is 29.6 Å². The predicted molar refractivity (Wildman–Crippen MR) is 73.5 cm³/mol. The van der Waals surface area contributed by atoms with Crippen molar-refractivity contribution in [2.45, 2.75) is 71.3 Å². The second kappa shape index (κ2) is 3.77. The zero-order valence-corrected chi connectivity index (χ0v) is 12.3. The lowest BCUT2D eigenvalue weighted by molar-refractivity contribution is -0.149. The molecule has 0 aromatic rings. The molecule has 0 aliphatic heterocycles. The van der Waals surface area contributed by atoms with Crippen molar-refractivity contribution in [2.75, 3.05) is 0 Å². The Hall–Kier alpha value is -0.530. The average molecular weight is 262 g/mol. The van der Waals surface area contributed by atoms with E-state index in [2.05, 4.69) is 6.92 Å². The van der Waals surface area contributed by atoms with Crippen molar-refractivity contribution in [3.05, 3.63) is 0 Å². The monoisotopic (exact) mass is 262 g/mol. The van der Waals surface area contributed by atoms with Gasteiger partial charge in [0.05, 0.1) is 6.10 Å². The molecule has 0 amide bonds. The first-order valence-corrected chi connectivity index (χ1v) is 8.25. The second-order valence-corrected chi connectivity index (χ2v) is 8.11. The van der Waals surface area contributed by atoms with Crippen molar-refractivity contribution >= 4 is 5.97 Å². The molecular formula is C17H26O2. The molecule has 6 atom stereocenters. The quantitative estimate of drug-likeness (QED) is 0.717. The lowest BCUT2D eigenvalue weighted by Crippen LogP contribution is -2.42. The van der Waals surface area contributed by atoms with Crippen LogP contribution in [0.25, 0.3) is 0 Å². The van der Waals surface area contributed by atoms with E-state index in [-0.39, 0.29) is 12.1 Å². The van der Waals surface area contributed by atoms with Crippen LogP contribution < -0.4 is 0 Å². The van der Waals surface area contributed by atoms with Gasteiger partial charge in [-0.1, -0.05) is 6.92 Å². The summed E-state index contributed by atoms with van der Waals surface area (Å²) in [5, 5.41) is 0. The van der Waals surface area contributed by atoms with Crippen molar-refractivity contribution in [1.29, 1.82) is 0 Å². The first-order chi connectivity index (χ1) is 9.05. The number of fused-ring (bicyclic) bond motifs is 2. The summed E-state index contributed by atoms with van der Waals surface area (Å²) in [6, 6.07) is 0. The minimum Gasteiger partial charge on any atom is -0.463 e. The van der Waals surface area contributed by atoms with Crippen LogP contribution in [0.3, 0.4) is 0 Å². The van der Waals surface area contributed by atoms with Gasteiger partial charge in [-0.2, -0.15) is 0 Å². The third kappa shape index (κ3) is 1.58. The van der Waals surface area contributed by atoms with E-state index in [4.69, 9.17) is 4.74 Å². The van der Waals surface area contributed by atoms with Gasteiger partial charge >= 0.3 is 5.97 Å². The van der Waals surface area contributed by atoms with Crippen LogP contribution in [-0.4, -0.2) is 12.1 Å². The van der Waals surface area contributed by atoms with Gasteiger partial charge in [0, 0.05) is 6.42 Å². The number of carbonyl (C=O) groups is 1. The molecule has 3 bridgehead atoms. The number of hydrogen-bond donors (Lipinski definition) is 0. The van der Waals surface area contributed by atoms with Crippen LogP contribution in [0.5, 0.6) is 0 Å². The summed E-state index contributed by atoms with van der Waals surface area (Å²) in [6.45, 7) is 3.99. The van der Waals surface area contributed by atoms with Gasteiger partial charge in [-0.05, 0) is 80.5 Å². The van der Waals surface area contributed by atoms with Crippen molar-refractivity contribution in [3.8, 4) is 0 Å². The highest BCUT2D eigenvalue weighted by Crippen LogP contribution is 2.79. The maximum absolute atomic E-state index is 11.5. The molecular weight excluding hydrogens is 236 g/mol. The average Bonchev–Trinajstić information content (AvgIpc) is 2.65. The fourth-order valence-electron chi connectivity index (χ4n) is 6.74. The topological polar surface area (TPSA) is 26.3 Å². The Bertz CT molecular complexity index is 413.